The average molecular weight is 243 g/mol. The van der Waals surface area contributed by atoms with Gasteiger partial charge in [-0.3, -0.25) is 4.79 Å². The Labute approximate surface area is 99.1 Å². The normalized spacial score (nSPS) is 11.4. The molecule has 0 heterocycles. The third kappa shape index (κ3) is 6.93. The number of carboxylic acid groups (broad SMARTS) is 1. The summed E-state index contributed by atoms with van der Waals surface area (Å²) in [4.78, 5) is 32.4. The van der Waals surface area contributed by atoms with E-state index in [0.29, 0.717) is 6.42 Å². The van der Waals surface area contributed by atoms with E-state index < -0.39 is 23.9 Å². The highest BCUT2D eigenvalue weighted by molar-refractivity contribution is 5.94. The Bertz CT molecular complexity index is 328. The van der Waals surface area contributed by atoms with Crippen molar-refractivity contribution in [1.29, 1.82) is 0 Å². The Kier molecular flexibility index (Phi) is 6.39. The van der Waals surface area contributed by atoms with E-state index in [2.05, 4.69) is 17.2 Å². The molecule has 0 radical (unpaired) electrons. The van der Waals surface area contributed by atoms with Crippen LogP contribution in [0.25, 0.3) is 0 Å². The summed E-state index contributed by atoms with van der Waals surface area (Å²) >= 11 is 0. The number of primary amides is 1. The third-order valence-corrected chi connectivity index (χ3v) is 1.96. The molecule has 0 saturated heterocycles. The van der Waals surface area contributed by atoms with Crippen molar-refractivity contribution in [3.8, 4) is 0 Å². The lowest BCUT2D eigenvalue weighted by Gasteiger charge is -2.14. The van der Waals surface area contributed by atoms with Crippen molar-refractivity contribution >= 4 is 17.9 Å². The molecule has 7 nitrogen and oxygen atoms in total. The molecule has 0 aromatic carbocycles. The summed E-state index contributed by atoms with van der Waals surface area (Å²) in [5.74, 6) is -1.63. The number of carbonyl (C=O) groups is 3. The third-order valence-electron chi connectivity index (χ3n) is 1.96. The van der Waals surface area contributed by atoms with Crippen LogP contribution in [0.3, 0.4) is 0 Å². The van der Waals surface area contributed by atoms with E-state index in [1.165, 1.54) is 6.92 Å². The van der Waals surface area contributed by atoms with Crippen molar-refractivity contribution in [3.63, 3.8) is 0 Å². The fraction of sp³-hybridized carbons (Fsp3) is 0.500. The van der Waals surface area contributed by atoms with Crippen molar-refractivity contribution in [2.24, 2.45) is 5.73 Å². The standard InChI is InChI=1S/C10H17N3O4/c1-6(2)8(14)13-7(9(15)16)4-3-5-12-10(11)17/h7H,1,3-5H2,2H3,(H,13,14)(H,15,16)(H3,11,12,17). The zero-order chi connectivity index (χ0) is 13.4. The molecule has 1 unspecified atom stereocenters. The van der Waals surface area contributed by atoms with E-state index in [4.69, 9.17) is 10.8 Å². The van der Waals surface area contributed by atoms with Gasteiger partial charge in [0.15, 0.2) is 0 Å². The van der Waals surface area contributed by atoms with Gasteiger partial charge in [0.1, 0.15) is 6.04 Å². The Morgan fingerprint density at radius 1 is 1.41 bits per heavy atom. The number of nitrogens with one attached hydrogen (secondary N) is 2. The first-order valence-corrected chi connectivity index (χ1v) is 5.07. The Morgan fingerprint density at radius 2 is 2.00 bits per heavy atom. The highest BCUT2D eigenvalue weighted by atomic mass is 16.4. The first kappa shape index (κ1) is 14.9. The molecular formula is C10H17N3O4. The van der Waals surface area contributed by atoms with Gasteiger partial charge in [-0.25, -0.2) is 9.59 Å². The molecule has 5 N–H and O–H groups in total. The molecule has 0 fully saturated rings. The second-order valence-electron chi connectivity index (χ2n) is 3.58. The highest BCUT2D eigenvalue weighted by Gasteiger charge is 2.19. The van der Waals surface area contributed by atoms with Gasteiger partial charge in [-0.1, -0.05) is 6.58 Å². The lowest BCUT2D eigenvalue weighted by molar-refractivity contribution is -0.141. The summed E-state index contributed by atoms with van der Waals surface area (Å²) in [7, 11) is 0. The van der Waals surface area contributed by atoms with Gasteiger partial charge in [0.05, 0.1) is 0 Å². The van der Waals surface area contributed by atoms with Crippen LogP contribution in [0.5, 0.6) is 0 Å². The lowest BCUT2D eigenvalue weighted by Crippen LogP contribution is -2.41. The van der Waals surface area contributed by atoms with Crippen molar-refractivity contribution in [3.05, 3.63) is 12.2 Å². The molecule has 0 rings (SSSR count). The predicted molar refractivity (Wildman–Crippen MR) is 61.2 cm³/mol. The maximum Gasteiger partial charge on any atom is 0.326 e. The molecule has 1 atom stereocenters. The molecule has 7 heteroatoms. The minimum absolute atomic E-state index is 0.203. The van der Waals surface area contributed by atoms with Crippen LogP contribution in [0.4, 0.5) is 4.79 Å². The molecule has 0 aliphatic carbocycles. The lowest BCUT2D eigenvalue weighted by atomic mass is 10.1. The van der Waals surface area contributed by atoms with Crippen molar-refractivity contribution < 1.29 is 19.5 Å². The largest absolute Gasteiger partial charge is 0.480 e. The van der Waals surface area contributed by atoms with Crippen LogP contribution in [0, 0.1) is 0 Å². The first-order chi connectivity index (χ1) is 7.84. The number of hydrogen-bond donors (Lipinski definition) is 4. The number of urea groups is 1. The first-order valence-electron chi connectivity index (χ1n) is 5.07. The molecular weight excluding hydrogens is 226 g/mol. The zero-order valence-electron chi connectivity index (χ0n) is 9.66. The summed E-state index contributed by atoms with van der Waals surface area (Å²) in [6, 6.07) is -1.66. The van der Waals surface area contributed by atoms with E-state index in [0.717, 1.165) is 0 Å². The van der Waals surface area contributed by atoms with E-state index in [9.17, 15) is 14.4 Å². The van der Waals surface area contributed by atoms with Crippen LogP contribution in [0.15, 0.2) is 12.2 Å². The van der Waals surface area contributed by atoms with Gasteiger partial charge in [0.2, 0.25) is 5.91 Å². The second-order valence-corrected chi connectivity index (χ2v) is 3.58. The molecule has 0 aromatic heterocycles. The Balaban J connectivity index is 4.08. The van der Waals surface area contributed by atoms with E-state index in [1.54, 1.807) is 0 Å². The fourth-order valence-corrected chi connectivity index (χ4v) is 1.06. The number of rotatable bonds is 7. The summed E-state index contributed by atoms with van der Waals surface area (Å²) in [6.07, 6.45) is 0.602. The number of carbonyl (C=O) groups excluding carboxylic acids is 2. The van der Waals surface area contributed by atoms with Gasteiger partial charge >= 0.3 is 12.0 Å². The topological polar surface area (TPSA) is 122 Å². The minimum Gasteiger partial charge on any atom is -0.480 e. The molecule has 17 heavy (non-hydrogen) atoms. The zero-order valence-corrected chi connectivity index (χ0v) is 9.66. The smallest absolute Gasteiger partial charge is 0.326 e. The van der Waals surface area contributed by atoms with Gasteiger partial charge < -0.3 is 21.5 Å². The van der Waals surface area contributed by atoms with Gasteiger partial charge in [0, 0.05) is 12.1 Å². The second kappa shape index (κ2) is 7.26. The number of carboxylic acids is 1. The van der Waals surface area contributed by atoms with Crippen LogP contribution in [0.2, 0.25) is 0 Å². The number of aliphatic carboxylic acids is 1. The van der Waals surface area contributed by atoms with E-state index in [-0.39, 0.29) is 18.5 Å². The number of amides is 3. The molecule has 0 spiro atoms. The van der Waals surface area contributed by atoms with Gasteiger partial charge in [0.25, 0.3) is 0 Å². The van der Waals surface area contributed by atoms with E-state index in [1.807, 2.05) is 0 Å². The molecule has 0 bridgehead atoms. The molecule has 0 aliphatic heterocycles. The summed E-state index contributed by atoms with van der Waals surface area (Å²) in [5, 5.41) is 13.5. The van der Waals surface area contributed by atoms with Gasteiger partial charge in [-0.05, 0) is 19.8 Å². The molecule has 96 valence electrons. The van der Waals surface area contributed by atoms with Crippen LogP contribution < -0.4 is 16.4 Å². The fourth-order valence-electron chi connectivity index (χ4n) is 1.06. The molecule has 3 amide bonds. The number of nitrogens with two attached hydrogens (primary N) is 1. The molecule has 0 aliphatic rings. The maximum absolute atomic E-state index is 11.2. The predicted octanol–water partition coefficient (Wildman–Crippen LogP) is -0.420. The summed E-state index contributed by atoms with van der Waals surface area (Å²) in [5.41, 5.74) is 5.08. The van der Waals surface area contributed by atoms with Crippen LogP contribution in [-0.4, -0.2) is 35.6 Å². The average Bonchev–Trinajstić information content (AvgIpc) is 2.21. The van der Waals surface area contributed by atoms with Crippen LogP contribution in [-0.2, 0) is 9.59 Å². The van der Waals surface area contributed by atoms with Gasteiger partial charge in [-0.2, -0.15) is 0 Å². The summed E-state index contributed by atoms with van der Waals surface area (Å²) < 4.78 is 0. The van der Waals surface area contributed by atoms with Gasteiger partial charge in [-0.15, -0.1) is 0 Å². The van der Waals surface area contributed by atoms with Crippen molar-refractivity contribution in [2.75, 3.05) is 6.54 Å². The molecule has 0 saturated carbocycles. The summed E-state index contributed by atoms with van der Waals surface area (Å²) in [6.45, 7) is 5.16. The highest BCUT2D eigenvalue weighted by Crippen LogP contribution is 1.99. The minimum atomic E-state index is -1.13. The maximum atomic E-state index is 11.2. The quantitative estimate of drug-likeness (QED) is 0.358. The van der Waals surface area contributed by atoms with Crippen molar-refractivity contribution in [2.45, 2.75) is 25.8 Å². The van der Waals surface area contributed by atoms with E-state index >= 15 is 0 Å². The van der Waals surface area contributed by atoms with Crippen molar-refractivity contribution in [1.82, 2.24) is 10.6 Å². The van der Waals surface area contributed by atoms with Crippen LogP contribution >= 0.6 is 0 Å². The monoisotopic (exact) mass is 243 g/mol. The Hall–Kier alpha value is -2.05. The number of hydrogen-bond acceptors (Lipinski definition) is 3. The molecule has 0 aromatic rings. The Morgan fingerprint density at radius 3 is 2.41 bits per heavy atom. The SMILES string of the molecule is C=C(C)C(=O)NC(CCCNC(N)=O)C(=O)O. The van der Waals surface area contributed by atoms with Crippen LogP contribution in [0.1, 0.15) is 19.8 Å².